The Morgan fingerprint density at radius 2 is 2.12 bits per heavy atom. The molecule has 0 atom stereocenters. The van der Waals surface area contributed by atoms with Crippen LogP contribution in [0.15, 0.2) is 33.6 Å². The average molecular weight is 324 g/mol. The minimum atomic E-state index is -3.49. The molecule has 0 unspecified atom stereocenters. The van der Waals surface area contributed by atoms with Crippen LogP contribution in [-0.2, 0) is 14.8 Å². The molecule has 1 aromatic rings. The van der Waals surface area contributed by atoms with Crippen LogP contribution in [-0.4, -0.2) is 39.9 Å². The molecule has 0 aliphatic rings. The summed E-state index contributed by atoms with van der Waals surface area (Å²) in [6.45, 7) is 0.541. The SMILES string of the molecule is O=S(=O)(NCCOCCO)c1cccc(Br)c1. The molecular weight excluding hydrogens is 310 g/mol. The molecule has 0 heterocycles. The molecule has 0 saturated carbocycles. The van der Waals surface area contributed by atoms with Crippen molar-refractivity contribution in [2.75, 3.05) is 26.4 Å². The third kappa shape index (κ3) is 5.13. The molecule has 0 radical (unpaired) electrons. The van der Waals surface area contributed by atoms with Crippen molar-refractivity contribution in [3.63, 3.8) is 0 Å². The highest BCUT2D eigenvalue weighted by molar-refractivity contribution is 9.10. The standard InChI is InChI=1S/C10H14BrNO4S/c11-9-2-1-3-10(8-9)17(14,15)12-4-6-16-7-5-13/h1-3,8,12-13H,4-7H2. The Morgan fingerprint density at radius 1 is 1.35 bits per heavy atom. The molecule has 0 bridgehead atoms. The number of aliphatic hydroxyl groups is 1. The van der Waals surface area contributed by atoms with Crippen LogP contribution < -0.4 is 4.72 Å². The molecular formula is C10H14BrNO4S. The van der Waals surface area contributed by atoms with Crippen molar-refractivity contribution in [3.05, 3.63) is 28.7 Å². The summed E-state index contributed by atoms with van der Waals surface area (Å²) in [5.41, 5.74) is 0. The number of rotatable bonds is 7. The summed E-state index contributed by atoms with van der Waals surface area (Å²) >= 11 is 3.21. The predicted octanol–water partition coefficient (Wildman–Crippen LogP) is 0.736. The summed E-state index contributed by atoms with van der Waals surface area (Å²) in [4.78, 5) is 0.203. The lowest BCUT2D eigenvalue weighted by Gasteiger charge is -2.07. The lowest BCUT2D eigenvalue weighted by molar-refractivity contribution is 0.0961. The number of halogens is 1. The van der Waals surface area contributed by atoms with Crippen LogP contribution in [0, 0.1) is 0 Å². The topological polar surface area (TPSA) is 75.6 Å². The van der Waals surface area contributed by atoms with Crippen LogP contribution in [0.1, 0.15) is 0 Å². The fraction of sp³-hybridized carbons (Fsp3) is 0.400. The highest BCUT2D eigenvalue weighted by atomic mass is 79.9. The minimum Gasteiger partial charge on any atom is -0.394 e. The van der Waals surface area contributed by atoms with Crippen molar-refractivity contribution in [3.8, 4) is 0 Å². The van der Waals surface area contributed by atoms with Gasteiger partial charge in [-0.15, -0.1) is 0 Å². The molecule has 0 aliphatic heterocycles. The zero-order chi connectivity index (χ0) is 12.7. The van der Waals surface area contributed by atoms with Gasteiger partial charge in [0.25, 0.3) is 0 Å². The third-order valence-corrected chi connectivity index (χ3v) is 3.83. The largest absolute Gasteiger partial charge is 0.394 e. The van der Waals surface area contributed by atoms with Crippen LogP contribution in [0.3, 0.4) is 0 Å². The summed E-state index contributed by atoms with van der Waals surface area (Å²) in [7, 11) is -3.49. The van der Waals surface area contributed by atoms with Gasteiger partial charge in [0.15, 0.2) is 0 Å². The van der Waals surface area contributed by atoms with E-state index in [0.29, 0.717) is 4.47 Å². The van der Waals surface area contributed by atoms with Gasteiger partial charge in [-0.05, 0) is 18.2 Å². The van der Waals surface area contributed by atoms with Gasteiger partial charge < -0.3 is 9.84 Å². The molecule has 0 spiro atoms. The fourth-order valence-electron chi connectivity index (χ4n) is 1.13. The normalized spacial score (nSPS) is 11.6. The summed E-state index contributed by atoms with van der Waals surface area (Å²) < 4.78 is 31.6. The van der Waals surface area contributed by atoms with E-state index in [1.54, 1.807) is 12.1 Å². The maximum atomic E-state index is 11.8. The van der Waals surface area contributed by atoms with Crippen LogP contribution in [0.5, 0.6) is 0 Å². The van der Waals surface area contributed by atoms with Crippen LogP contribution in [0.2, 0.25) is 0 Å². The Hall–Kier alpha value is -0.470. The highest BCUT2D eigenvalue weighted by Crippen LogP contribution is 2.15. The maximum Gasteiger partial charge on any atom is 0.240 e. The molecule has 0 fully saturated rings. The number of ether oxygens (including phenoxy) is 1. The smallest absolute Gasteiger partial charge is 0.240 e. The summed E-state index contributed by atoms with van der Waals surface area (Å²) in [5.74, 6) is 0. The van der Waals surface area contributed by atoms with Crippen LogP contribution in [0.4, 0.5) is 0 Å². The van der Waals surface area contributed by atoms with E-state index < -0.39 is 10.0 Å². The van der Waals surface area contributed by atoms with E-state index in [2.05, 4.69) is 20.7 Å². The first-order valence-corrected chi connectivity index (χ1v) is 7.28. The van der Waals surface area contributed by atoms with Crippen molar-refractivity contribution in [2.24, 2.45) is 0 Å². The fourth-order valence-corrected chi connectivity index (χ4v) is 2.74. The van der Waals surface area contributed by atoms with E-state index in [0.717, 1.165) is 0 Å². The molecule has 1 aromatic carbocycles. The molecule has 5 nitrogen and oxygen atoms in total. The molecule has 7 heteroatoms. The molecule has 2 N–H and O–H groups in total. The molecule has 17 heavy (non-hydrogen) atoms. The van der Waals surface area contributed by atoms with Gasteiger partial charge in [0.1, 0.15) is 0 Å². The van der Waals surface area contributed by atoms with Crippen LogP contribution in [0.25, 0.3) is 0 Å². The first-order valence-electron chi connectivity index (χ1n) is 5.00. The minimum absolute atomic E-state index is 0.0710. The van der Waals surface area contributed by atoms with E-state index in [1.807, 2.05) is 0 Å². The summed E-state index contributed by atoms with van der Waals surface area (Å²) in [6.07, 6.45) is 0. The molecule has 96 valence electrons. The second-order valence-corrected chi connectivity index (χ2v) is 5.87. The molecule has 0 amide bonds. The molecule has 1 rings (SSSR count). The number of hydrogen-bond acceptors (Lipinski definition) is 4. The van der Waals surface area contributed by atoms with E-state index >= 15 is 0 Å². The number of nitrogens with one attached hydrogen (secondary N) is 1. The second kappa shape index (κ2) is 7.07. The summed E-state index contributed by atoms with van der Waals surface area (Å²) in [5, 5.41) is 8.47. The monoisotopic (exact) mass is 323 g/mol. The van der Waals surface area contributed by atoms with E-state index in [4.69, 9.17) is 9.84 Å². The molecule has 0 aliphatic carbocycles. The van der Waals surface area contributed by atoms with Crippen LogP contribution >= 0.6 is 15.9 Å². The Kier molecular flexibility index (Phi) is 6.07. The second-order valence-electron chi connectivity index (χ2n) is 3.19. The summed E-state index contributed by atoms with van der Waals surface area (Å²) in [6, 6.07) is 6.45. The van der Waals surface area contributed by atoms with Gasteiger partial charge in [-0.1, -0.05) is 22.0 Å². The first kappa shape index (κ1) is 14.6. The average Bonchev–Trinajstić information content (AvgIpc) is 2.29. The van der Waals surface area contributed by atoms with Gasteiger partial charge in [-0.25, -0.2) is 13.1 Å². The zero-order valence-electron chi connectivity index (χ0n) is 9.10. The Morgan fingerprint density at radius 3 is 2.76 bits per heavy atom. The lowest BCUT2D eigenvalue weighted by Crippen LogP contribution is -2.27. The number of aliphatic hydroxyl groups excluding tert-OH is 1. The van der Waals surface area contributed by atoms with E-state index in [1.165, 1.54) is 12.1 Å². The zero-order valence-corrected chi connectivity index (χ0v) is 11.5. The van der Waals surface area contributed by atoms with Crippen molar-refractivity contribution in [1.82, 2.24) is 4.72 Å². The van der Waals surface area contributed by atoms with Gasteiger partial charge in [0.05, 0.1) is 24.7 Å². The lowest BCUT2D eigenvalue weighted by atomic mass is 10.4. The van der Waals surface area contributed by atoms with Gasteiger partial charge in [-0.3, -0.25) is 0 Å². The molecule has 0 aromatic heterocycles. The van der Waals surface area contributed by atoms with Gasteiger partial charge in [0.2, 0.25) is 10.0 Å². The van der Waals surface area contributed by atoms with E-state index in [-0.39, 0.29) is 31.3 Å². The van der Waals surface area contributed by atoms with Crippen molar-refractivity contribution in [1.29, 1.82) is 0 Å². The maximum absolute atomic E-state index is 11.8. The number of benzene rings is 1. The Bertz CT molecular complexity index is 449. The first-order chi connectivity index (χ1) is 8.06. The Labute approximate surface area is 109 Å². The van der Waals surface area contributed by atoms with Crippen molar-refractivity contribution in [2.45, 2.75) is 4.90 Å². The van der Waals surface area contributed by atoms with Crippen molar-refractivity contribution < 1.29 is 18.3 Å². The Balaban J connectivity index is 2.51. The number of hydrogen-bond donors (Lipinski definition) is 2. The third-order valence-electron chi connectivity index (χ3n) is 1.88. The van der Waals surface area contributed by atoms with Crippen molar-refractivity contribution >= 4 is 26.0 Å². The highest BCUT2D eigenvalue weighted by Gasteiger charge is 2.12. The number of sulfonamides is 1. The van der Waals surface area contributed by atoms with Gasteiger partial charge in [-0.2, -0.15) is 0 Å². The van der Waals surface area contributed by atoms with Gasteiger partial charge >= 0.3 is 0 Å². The van der Waals surface area contributed by atoms with Gasteiger partial charge in [0, 0.05) is 11.0 Å². The van der Waals surface area contributed by atoms with E-state index in [9.17, 15) is 8.42 Å². The molecule has 0 saturated heterocycles. The predicted molar refractivity (Wildman–Crippen MR) is 67.2 cm³/mol. The quantitative estimate of drug-likeness (QED) is 0.725.